The van der Waals surface area contributed by atoms with Crippen molar-refractivity contribution in [2.45, 2.75) is 33.1 Å². The number of halogens is 1. The first-order valence-electron chi connectivity index (χ1n) is 6.56. The maximum atomic E-state index is 12.3. The quantitative estimate of drug-likeness (QED) is 0.788. The molecule has 1 amide bonds. The molecule has 1 unspecified atom stereocenters. The van der Waals surface area contributed by atoms with E-state index in [2.05, 4.69) is 18.8 Å². The average Bonchev–Trinajstić information content (AvgIpc) is 2.74. The fraction of sp³-hybridized carbons (Fsp3) is 0.571. The molecule has 0 spiro atoms. The second kappa shape index (κ2) is 5.70. The molecule has 4 heteroatoms. The van der Waals surface area contributed by atoms with Crippen LogP contribution in [0.4, 0.5) is 0 Å². The third-order valence-corrected chi connectivity index (χ3v) is 3.50. The van der Waals surface area contributed by atoms with Crippen molar-refractivity contribution in [3.05, 3.63) is 28.5 Å². The Hall–Kier alpha value is -1.09. The van der Waals surface area contributed by atoms with Crippen molar-refractivity contribution >= 4 is 17.5 Å². The van der Waals surface area contributed by atoms with Crippen LogP contribution >= 0.6 is 11.6 Å². The lowest BCUT2D eigenvalue weighted by Crippen LogP contribution is -2.28. The van der Waals surface area contributed by atoms with Crippen LogP contribution < -0.4 is 0 Å². The lowest BCUT2D eigenvalue weighted by molar-refractivity contribution is 0.0788. The number of pyridine rings is 1. The summed E-state index contributed by atoms with van der Waals surface area (Å²) >= 11 is 5.98. The Morgan fingerprint density at radius 1 is 1.56 bits per heavy atom. The smallest absolute Gasteiger partial charge is 0.254 e. The lowest BCUT2D eigenvalue weighted by atomic mass is 10.1. The van der Waals surface area contributed by atoms with Crippen LogP contribution in [0.2, 0.25) is 5.15 Å². The van der Waals surface area contributed by atoms with Crippen LogP contribution in [-0.4, -0.2) is 28.9 Å². The van der Waals surface area contributed by atoms with Gasteiger partial charge in [0.2, 0.25) is 0 Å². The molecule has 1 atom stereocenters. The number of rotatable bonds is 3. The van der Waals surface area contributed by atoms with Crippen molar-refractivity contribution < 1.29 is 4.79 Å². The van der Waals surface area contributed by atoms with Gasteiger partial charge >= 0.3 is 0 Å². The summed E-state index contributed by atoms with van der Waals surface area (Å²) in [7, 11) is 0. The Morgan fingerprint density at radius 2 is 2.33 bits per heavy atom. The standard InChI is InChI=1S/C14H19ClN2O/c1-3-4-12-7-11(8-13(15)16-12)14(18)17-6-5-10(2)9-17/h7-8,10H,3-6,9H2,1-2H3. The zero-order chi connectivity index (χ0) is 13.1. The summed E-state index contributed by atoms with van der Waals surface area (Å²) in [5.74, 6) is 0.683. The molecular weight excluding hydrogens is 248 g/mol. The van der Waals surface area contributed by atoms with E-state index in [9.17, 15) is 4.79 Å². The van der Waals surface area contributed by atoms with Crippen molar-refractivity contribution in [3.63, 3.8) is 0 Å². The molecule has 1 fully saturated rings. The van der Waals surface area contributed by atoms with Crippen molar-refractivity contribution in [2.75, 3.05) is 13.1 Å². The van der Waals surface area contributed by atoms with Crippen LogP contribution in [0.15, 0.2) is 12.1 Å². The van der Waals surface area contributed by atoms with Crippen LogP contribution in [0.25, 0.3) is 0 Å². The normalized spacial score (nSPS) is 19.3. The molecule has 2 rings (SSSR count). The van der Waals surface area contributed by atoms with E-state index in [4.69, 9.17) is 11.6 Å². The van der Waals surface area contributed by atoms with Gasteiger partial charge in [-0.3, -0.25) is 4.79 Å². The molecule has 3 nitrogen and oxygen atoms in total. The molecule has 18 heavy (non-hydrogen) atoms. The largest absolute Gasteiger partial charge is 0.338 e. The van der Waals surface area contributed by atoms with E-state index >= 15 is 0 Å². The predicted molar refractivity (Wildman–Crippen MR) is 72.9 cm³/mol. The van der Waals surface area contributed by atoms with E-state index in [1.165, 1.54) is 0 Å². The third kappa shape index (κ3) is 3.02. The molecule has 0 aliphatic carbocycles. The Bertz CT molecular complexity index is 447. The number of likely N-dealkylation sites (tertiary alicyclic amines) is 1. The number of nitrogens with zero attached hydrogens (tertiary/aromatic N) is 2. The topological polar surface area (TPSA) is 33.2 Å². The van der Waals surface area contributed by atoms with Gasteiger partial charge in [-0.05, 0) is 30.9 Å². The molecule has 0 bridgehead atoms. The second-order valence-corrected chi connectivity index (χ2v) is 5.45. The number of carbonyl (C=O) groups excluding carboxylic acids is 1. The summed E-state index contributed by atoms with van der Waals surface area (Å²) in [6.45, 7) is 5.96. The summed E-state index contributed by atoms with van der Waals surface area (Å²) in [5, 5.41) is 0.413. The molecule has 1 saturated heterocycles. The highest BCUT2D eigenvalue weighted by Gasteiger charge is 2.24. The van der Waals surface area contributed by atoms with Gasteiger partial charge in [0.1, 0.15) is 5.15 Å². The van der Waals surface area contributed by atoms with Crippen molar-refractivity contribution in [1.29, 1.82) is 0 Å². The Kier molecular flexibility index (Phi) is 4.23. The fourth-order valence-corrected chi connectivity index (χ4v) is 2.59. The SMILES string of the molecule is CCCc1cc(C(=O)N2CCC(C)C2)cc(Cl)n1. The highest BCUT2D eigenvalue weighted by Crippen LogP contribution is 2.20. The minimum atomic E-state index is 0.0843. The van der Waals surface area contributed by atoms with Gasteiger partial charge in [-0.2, -0.15) is 0 Å². The van der Waals surface area contributed by atoms with Gasteiger partial charge < -0.3 is 4.90 Å². The minimum absolute atomic E-state index is 0.0843. The third-order valence-electron chi connectivity index (χ3n) is 3.31. The van der Waals surface area contributed by atoms with Gasteiger partial charge in [-0.1, -0.05) is 31.9 Å². The Balaban J connectivity index is 2.19. The molecule has 0 radical (unpaired) electrons. The van der Waals surface area contributed by atoms with Crippen LogP contribution in [0.1, 0.15) is 42.7 Å². The first-order valence-corrected chi connectivity index (χ1v) is 6.93. The molecule has 0 saturated carbocycles. The van der Waals surface area contributed by atoms with Gasteiger partial charge in [-0.15, -0.1) is 0 Å². The molecule has 1 aliphatic rings. The first kappa shape index (κ1) is 13.3. The maximum absolute atomic E-state index is 12.3. The van der Waals surface area contributed by atoms with E-state index < -0.39 is 0 Å². The molecule has 1 aliphatic heterocycles. The molecule has 0 N–H and O–H groups in total. The lowest BCUT2D eigenvalue weighted by Gasteiger charge is -2.16. The molecule has 0 aromatic carbocycles. The van der Waals surface area contributed by atoms with E-state index in [1.807, 2.05) is 11.0 Å². The fourth-order valence-electron chi connectivity index (χ4n) is 2.36. The number of hydrogen-bond acceptors (Lipinski definition) is 2. The predicted octanol–water partition coefficient (Wildman–Crippen LogP) is 3.17. The highest BCUT2D eigenvalue weighted by atomic mass is 35.5. The van der Waals surface area contributed by atoms with Gasteiger partial charge in [0, 0.05) is 24.3 Å². The van der Waals surface area contributed by atoms with E-state index in [0.29, 0.717) is 16.6 Å². The van der Waals surface area contributed by atoms with Gasteiger partial charge in [0.05, 0.1) is 0 Å². The molecule has 2 heterocycles. The summed E-state index contributed by atoms with van der Waals surface area (Å²) in [4.78, 5) is 18.5. The summed E-state index contributed by atoms with van der Waals surface area (Å²) in [6.07, 6.45) is 2.95. The average molecular weight is 267 g/mol. The van der Waals surface area contributed by atoms with Crippen LogP contribution in [0, 0.1) is 5.92 Å². The van der Waals surface area contributed by atoms with E-state index in [1.54, 1.807) is 6.07 Å². The Labute approximate surface area is 113 Å². The highest BCUT2D eigenvalue weighted by molar-refractivity contribution is 6.29. The van der Waals surface area contributed by atoms with Crippen LogP contribution in [0.5, 0.6) is 0 Å². The Morgan fingerprint density at radius 3 is 2.94 bits per heavy atom. The van der Waals surface area contributed by atoms with Crippen LogP contribution in [0.3, 0.4) is 0 Å². The second-order valence-electron chi connectivity index (χ2n) is 5.06. The van der Waals surface area contributed by atoms with Crippen molar-refractivity contribution in [3.8, 4) is 0 Å². The summed E-state index contributed by atoms with van der Waals surface area (Å²) in [6, 6.07) is 3.55. The number of hydrogen-bond donors (Lipinski definition) is 0. The van der Waals surface area contributed by atoms with Crippen molar-refractivity contribution in [2.24, 2.45) is 5.92 Å². The van der Waals surface area contributed by atoms with Gasteiger partial charge in [-0.25, -0.2) is 4.98 Å². The maximum Gasteiger partial charge on any atom is 0.254 e. The van der Waals surface area contributed by atoms with Gasteiger partial charge in [0.25, 0.3) is 5.91 Å². The molecule has 1 aromatic heterocycles. The summed E-state index contributed by atoms with van der Waals surface area (Å²) in [5.41, 5.74) is 1.58. The molecular formula is C14H19ClN2O. The zero-order valence-corrected chi connectivity index (χ0v) is 11.7. The van der Waals surface area contributed by atoms with Crippen LogP contribution in [-0.2, 0) is 6.42 Å². The first-order chi connectivity index (χ1) is 8.60. The van der Waals surface area contributed by atoms with E-state index in [0.717, 1.165) is 38.0 Å². The number of amides is 1. The zero-order valence-electron chi connectivity index (χ0n) is 10.9. The molecule has 1 aromatic rings. The van der Waals surface area contributed by atoms with Crippen molar-refractivity contribution in [1.82, 2.24) is 9.88 Å². The number of aryl methyl sites for hydroxylation is 1. The molecule has 98 valence electrons. The minimum Gasteiger partial charge on any atom is -0.338 e. The number of aromatic nitrogens is 1. The monoisotopic (exact) mass is 266 g/mol. The van der Waals surface area contributed by atoms with E-state index in [-0.39, 0.29) is 5.91 Å². The number of carbonyl (C=O) groups is 1. The summed E-state index contributed by atoms with van der Waals surface area (Å²) < 4.78 is 0. The van der Waals surface area contributed by atoms with Gasteiger partial charge in [0.15, 0.2) is 0 Å².